The molecule has 0 unspecified atom stereocenters. The van der Waals surface area contributed by atoms with Gasteiger partial charge in [0.25, 0.3) is 0 Å². The number of amides is 1. The summed E-state index contributed by atoms with van der Waals surface area (Å²) < 4.78 is 0. The standard InChI is InChI=1S/C14H20N2O/c1-11-4-6-12(7-5-11)9-14(17)16-8-2-3-13(15)10-16/h4-7,13H,2-3,8-10,15H2,1H3/t13-/m1/s1. The molecule has 1 atom stereocenters. The van der Waals surface area contributed by atoms with Crippen LogP contribution in [0.15, 0.2) is 24.3 Å². The zero-order valence-corrected chi connectivity index (χ0v) is 10.4. The number of rotatable bonds is 2. The van der Waals surface area contributed by atoms with E-state index in [1.807, 2.05) is 29.2 Å². The lowest BCUT2D eigenvalue weighted by Crippen LogP contribution is -2.46. The third-order valence-electron chi connectivity index (χ3n) is 3.29. The third kappa shape index (κ3) is 3.30. The molecule has 17 heavy (non-hydrogen) atoms. The van der Waals surface area contributed by atoms with Gasteiger partial charge in [-0.05, 0) is 25.3 Å². The summed E-state index contributed by atoms with van der Waals surface area (Å²) in [5.74, 6) is 0.198. The average Bonchev–Trinajstić information content (AvgIpc) is 2.32. The Hall–Kier alpha value is -1.35. The van der Waals surface area contributed by atoms with Crippen molar-refractivity contribution in [2.75, 3.05) is 13.1 Å². The largest absolute Gasteiger partial charge is 0.341 e. The van der Waals surface area contributed by atoms with Gasteiger partial charge in [0.05, 0.1) is 6.42 Å². The Morgan fingerprint density at radius 3 is 2.76 bits per heavy atom. The monoisotopic (exact) mass is 232 g/mol. The van der Waals surface area contributed by atoms with Crippen LogP contribution < -0.4 is 5.73 Å². The Labute approximate surface area is 103 Å². The first-order valence-electron chi connectivity index (χ1n) is 6.24. The molecule has 2 N–H and O–H groups in total. The van der Waals surface area contributed by atoms with Crippen LogP contribution in [-0.2, 0) is 11.2 Å². The van der Waals surface area contributed by atoms with Gasteiger partial charge in [0, 0.05) is 19.1 Å². The van der Waals surface area contributed by atoms with Gasteiger partial charge < -0.3 is 10.6 Å². The number of aryl methyl sites for hydroxylation is 1. The minimum atomic E-state index is 0.158. The highest BCUT2D eigenvalue weighted by Gasteiger charge is 2.20. The predicted molar refractivity (Wildman–Crippen MR) is 68.7 cm³/mol. The lowest BCUT2D eigenvalue weighted by molar-refractivity contribution is -0.131. The number of hydrogen-bond donors (Lipinski definition) is 1. The summed E-state index contributed by atoms with van der Waals surface area (Å²) in [6.45, 7) is 3.62. The highest BCUT2D eigenvalue weighted by molar-refractivity contribution is 5.78. The number of carbonyl (C=O) groups is 1. The zero-order chi connectivity index (χ0) is 12.3. The molecule has 1 saturated heterocycles. The smallest absolute Gasteiger partial charge is 0.227 e. The molecule has 1 amide bonds. The first-order chi connectivity index (χ1) is 8.15. The molecule has 1 fully saturated rings. The van der Waals surface area contributed by atoms with Crippen LogP contribution in [0.25, 0.3) is 0 Å². The van der Waals surface area contributed by atoms with Gasteiger partial charge in [-0.25, -0.2) is 0 Å². The van der Waals surface area contributed by atoms with E-state index in [-0.39, 0.29) is 11.9 Å². The van der Waals surface area contributed by atoms with Crippen molar-refractivity contribution >= 4 is 5.91 Å². The first-order valence-corrected chi connectivity index (χ1v) is 6.24. The second-order valence-corrected chi connectivity index (χ2v) is 4.90. The molecule has 2 rings (SSSR count). The van der Waals surface area contributed by atoms with Gasteiger partial charge in [0.2, 0.25) is 5.91 Å². The van der Waals surface area contributed by atoms with Crippen molar-refractivity contribution in [1.82, 2.24) is 4.90 Å². The molecular weight excluding hydrogens is 212 g/mol. The summed E-state index contributed by atoms with van der Waals surface area (Å²) in [6, 6.07) is 8.30. The van der Waals surface area contributed by atoms with Crippen LogP contribution in [0.5, 0.6) is 0 Å². The first kappa shape index (κ1) is 12.1. The van der Waals surface area contributed by atoms with E-state index in [4.69, 9.17) is 5.73 Å². The van der Waals surface area contributed by atoms with Crippen LogP contribution in [0, 0.1) is 6.92 Å². The van der Waals surface area contributed by atoms with Crippen molar-refractivity contribution in [3.8, 4) is 0 Å². The molecule has 0 radical (unpaired) electrons. The molecule has 0 saturated carbocycles. The fourth-order valence-electron chi connectivity index (χ4n) is 2.23. The number of nitrogens with two attached hydrogens (primary N) is 1. The number of carbonyl (C=O) groups excluding carboxylic acids is 1. The maximum atomic E-state index is 12.1. The normalized spacial score (nSPS) is 20.4. The summed E-state index contributed by atoms with van der Waals surface area (Å²) in [7, 11) is 0. The molecule has 0 aliphatic carbocycles. The Kier molecular flexibility index (Phi) is 3.79. The van der Waals surface area contributed by atoms with Crippen molar-refractivity contribution in [2.45, 2.75) is 32.2 Å². The fourth-order valence-corrected chi connectivity index (χ4v) is 2.23. The Morgan fingerprint density at radius 1 is 1.41 bits per heavy atom. The minimum absolute atomic E-state index is 0.158. The second kappa shape index (κ2) is 5.32. The van der Waals surface area contributed by atoms with Crippen LogP contribution in [0.2, 0.25) is 0 Å². The number of benzene rings is 1. The van der Waals surface area contributed by atoms with Crippen LogP contribution in [0.4, 0.5) is 0 Å². The van der Waals surface area contributed by atoms with Gasteiger partial charge in [-0.1, -0.05) is 29.8 Å². The molecule has 0 spiro atoms. The molecule has 3 heteroatoms. The van der Waals surface area contributed by atoms with Crippen molar-refractivity contribution < 1.29 is 4.79 Å². The molecule has 1 aliphatic heterocycles. The molecule has 3 nitrogen and oxygen atoms in total. The van der Waals surface area contributed by atoms with E-state index in [0.717, 1.165) is 24.9 Å². The molecule has 1 aromatic rings. The molecule has 0 bridgehead atoms. The Morgan fingerprint density at radius 2 is 2.12 bits per heavy atom. The van der Waals surface area contributed by atoms with E-state index in [0.29, 0.717) is 13.0 Å². The second-order valence-electron chi connectivity index (χ2n) is 4.90. The predicted octanol–water partition coefficient (Wildman–Crippen LogP) is 1.49. The maximum Gasteiger partial charge on any atom is 0.227 e. The van der Waals surface area contributed by atoms with Crippen LogP contribution >= 0.6 is 0 Å². The van der Waals surface area contributed by atoms with E-state index < -0.39 is 0 Å². The van der Waals surface area contributed by atoms with Crippen molar-refractivity contribution in [3.63, 3.8) is 0 Å². The summed E-state index contributed by atoms with van der Waals surface area (Å²) >= 11 is 0. The van der Waals surface area contributed by atoms with Gasteiger partial charge in [0.15, 0.2) is 0 Å². The van der Waals surface area contributed by atoms with Crippen LogP contribution in [-0.4, -0.2) is 29.9 Å². The fraction of sp³-hybridized carbons (Fsp3) is 0.500. The van der Waals surface area contributed by atoms with Gasteiger partial charge in [-0.15, -0.1) is 0 Å². The molecule has 1 aliphatic rings. The number of hydrogen-bond acceptors (Lipinski definition) is 2. The molecule has 0 aromatic heterocycles. The Balaban J connectivity index is 1.94. The average molecular weight is 232 g/mol. The van der Waals surface area contributed by atoms with Gasteiger partial charge in [-0.2, -0.15) is 0 Å². The molecule has 1 aromatic carbocycles. The van der Waals surface area contributed by atoms with Crippen molar-refractivity contribution in [3.05, 3.63) is 35.4 Å². The number of nitrogens with zero attached hydrogens (tertiary/aromatic N) is 1. The van der Waals surface area contributed by atoms with E-state index >= 15 is 0 Å². The Bertz CT molecular complexity index is 386. The van der Waals surface area contributed by atoms with Crippen molar-refractivity contribution in [1.29, 1.82) is 0 Å². The summed E-state index contributed by atoms with van der Waals surface area (Å²) in [4.78, 5) is 14.0. The quantitative estimate of drug-likeness (QED) is 0.839. The molecule has 1 heterocycles. The summed E-state index contributed by atoms with van der Waals surface area (Å²) in [6.07, 6.45) is 2.56. The lowest BCUT2D eigenvalue weighted by atomic mass is 10.0. The SMILES string of the molecule is Cc1ccc(CC(=O)N2CCC[C@@H](N)C2)cc1. The van der Waals surface area contributed by atoms with Crippen molar-refractivity contribution in [2.24, 2.45) is 5.73 Å². The van der Waals surface area contributed by atoms with Gasteiger partial charge >= 0.3 is 0 Å². The number of piperidine rings is 1. The van der Waals surface area contributed by atoms with Crippen LogP contribution in [0.1, 0.15) is 24.0 Å². The van der Waals surface area contributed by atoms with E-state index in [1.54, 1.807) is 0 Å². The lowest BCUT2D eigenvalue weighted by Gasteiger charge is -2.30. The van der Waals surface area contributed by atoms with Gasteiger partial charge in [0.1, 0.15) is 0 Å². The minimum Gasteiger partial charge on any atom is -0.341 e. The van der Waals surface area contributed by atoms with Gasteiger partial charge in [-0.3, -0.25) is 4.79 Å². The number of likely N-dealkylation sites (tertiary alicyclic amines) is 1. The molecular formula is C14H20N2O. The molecule has 92 valence electrons. The van der Waals surface area contributed by atoms with E-state index in [9.17, 15) is 4.79 Å². The highest BCUT2D eigenvalue weighted by atomic mass is 16.2. The van der Waals surface area contributed by atoms with Crippen LogP contribution in [0.3, 0.4) is 0 Å². The highest BCUT2D eigenvalue weighted by Crippen LogP contribution is 2.11. The summed E-state index contributed by atoms with van der Waals surface area (Å²) in [5.41, 5.74) is 8.19. The van der Waals surface area contributed by atoms with E-state index in [2.05, 4.69) is 6.92 Å². The maximum absolute atomic E-state index is 12.1. The van der Waals surface area contributed by atoms with E-state index in [1.165, 1.54) is 5.56 Å². The topological polar surface area (TPSA) is 46.3 Å². The summed E-state index contributed by atoms with van der Waals surface area (Å²) in [5, 5.41) is 0. The third-order valence-corrected chi connectivity index (χ3v) is 3.29. The zero-order valence-electron chi connectivity index (χ0n) is 10.4.